The van der Waals surface area contributed by atoms with Gasteiger partial charge in [-0.2, -0.15) is 0 Å². The number of halogens is 1. The molecule has 0 spiro atoms. The van der Waals surface area contributed by atoms with Crippen molar-refractivity contribution < 1.29 is 13.9 Å². The molecule has 1 saturated heterocycles. The van der Waals surface area contributed by atoms with Crippen LogP contribution in [0.3, 0.4) is 0 Å². The number of nitrogens with zero attached hydrogens (tertiary/aromatic N) is 2. The van der Waals surface area contributed by atoms with Crippen LogP contribution in [0.2, 0.25) is 0 Å². The molecular weight excluding hydrogens is 297 g/mol. The highest BCUT2D eigenvalue weighted by Gasteiger charge is 2.25. The lowest BCUT2D eigenvalue weighted by Gasteiger charge is -2.36. The van der Waals surface area contributed by atoms with Crippen molar-refractivity contribution in [2.75, 3.05) is 33.3 Å². The molecule has 1 aromatic rings. The molecule has 2 rings (SSSR count). The highest BCUT2D eigenvalue weighted by molar-refractivity contribution is 5.81. The molecule has 1 aromatic carbocycles. The first-order valence-electron chi connectivity index (χ1n) is 8.14. The van der Waals surface area contributed by atoms with E-state index in [1.807, 2.05) is 11.8 Å². The Labute approximate surface area is 137 Å². The van der Waals surface area contributed by atoms with Crippen molar-refractivity contribution in [3.63, 3.8) is 0 Å². The third-order valence-corrected chi connectivity index (χ3v) is 4.24. The van der Waals surface area contributed by atoms with Gasteiger partial charge in [0.25, 0.3) is 0 Å². The lowest BCUT2D eigenvalue weighted by Crippen LogP contribution is -2.52. The van der Waals surface area contributed by atoms with Crippen molar-refractivity contribution in [2.45, 2.75) is 32.4 Å². The van der Waals surface area contributed by atoms with Gasteiger partial charge in [-0.1, -0.05) is 13.3 Å². The second-order valence-electron chi connectivity index (χ2n) is 5.95. The number of benzene rings is 1. The molecule has 2 N–H and O–H groups in total. The average Bonchev–Trinajstić information content (AvgIpc) is 2.55. The maximum absolute atomic E-state index is 13.4. The van der Waals surface area contributed by atoms with Gasteiger partial charge < -0.3 is 15.4 Å². The van der Waals surface area contributed by atoms with E-state index < -0.39 is 6.04 Å². The number of methoxy groups -OCH3 is 1. The van der Waals surface area contributed by atoms with Gasteiger partial charge in [0, 0.05) is 38.3 Å². The summed E-state index contributed by atoms with van der Waals surface area (Å²) in [5.41, 5.74) is 6.74. The number of amides is 1. The predicted octanol–water partition coefficient (Wildman–Crippen LogP) is 1.61. The molecule has 1 amide bonds. The van der Waals surface area contributed by atoms with E-state index in [4.69, 9.17) is 10.5 Å². The predicted molar refractivity (Wildman–Crippen MR) is 87.7 cm³/mol. The number of hydrogen-bond acceptors (Lipinski definition) is 4. The maximum atomic E-state index is 13.4. The molecule has 0 radical (unpaired) electrons. The first kappa shape index (κ1) is 17.7. The third-order valence-electron chi connectivity index (χ3n) is 4.24. The van der Waals surface area contributed by atoms with Crippen LogP contribution in [0.1, 0.15) is 25.3 Å². The number of carbonyl (C=O) groups is 1. The molecule has 0 aromatic heterocycles. The van der Waals surface area contributed by atoms with E-state index in [9.17, 15) is 9.18 Å². The summed E-state index contributed by atoms with van der Waals surface area (Å²) in [6.07, 6.45) is 1.63. The number of ether oxygens (including phenoxy) is 1. The summed E-state index contributed by atoms with van der Waals surface area (Å²) in [6, 6.07) is 4.16. The van der Waals surface area contributed by atoms with Crippen LogP contribution >= 0.6 is 0 Å². The SMILES string of the molecule is CCCC(N)C(=O)N1CCN(Cc2cc(F)ccc2OC)CC1. The molecule has 128 valence electrons. The summed E-state index contributed by atoms with van der Waals surface area (Å²) in [5.74, 6) is 0.463. The van der Waals surface area contributed by atoms with Crippen LogP contribution in [-0.2, 0) is 11.3 Å². The standard InChI is InChI=1S/C17H26FN3O2/c1-3-4-15(19)17(22)21-9-7-20(8-10-21)12-13-11-14(18)5-6-16(13)23-2/h5-6,11,15H,3-4,7-10,12,19H2,1-2H3. The van der Waals surface area contributed by atoms with Crippen LogP contribution in [0, 0.1) is 5.82 Å². The van der Waals surface area contributed by atoms with E-state index >= 15 is 0 Å². The zero-order valence-electron chi connectivity index (χ0n) is 13.9. The molecule has 1 aliphatic rings. The summed E-state index contributed by atoms with van der Waals surface area (Å²) in [4.78, 5) is 16.2. The van der Waals surface area contributed by atoms with E-state index in [-0.39, 0.29) is 11.7 Å². The molecule has 0 saturated carbocycles. The molecule has 1 fully saturated rings. The van der Waals surface area contributed by atoms with Gasteiger partial charge in [0.2, 0.25) is 5.91 Å². The van der Waals surface area contributed by atoms with Crippen molar-refractivity contribution in [3.8, 4) is 5.75 Å². The minimum atomic E-state index is -0.394. The van der Waals surface area contributed by atoms with Crippen LogP contribution in [0.15, 0.2) is 18.2 Å². The minimum absolute atomic E-state index is 0.0369. The molecule has 0 bridgehead atoms. The Balaban J connectivity index is 1.90. The molecule has 23 heavy (non-hydrogen) atoms. The lowest BCUT2D eigenvalue weighted by atomic mass is 10.1. The van der Waals surface area contributed by atoms with Gasteiger partial charge >= 0.3 is 0 Å². The van der Waals surface area contributed by atoms with Crippen molar-refractivity contribution in [1.82, 2.24) is 9.80 Å². The van der Waals surface area contributed by atoms with E-state index in [1.54, 1.807) is 13.2 Å². The number of carbonyl (C=O) groups excluding carboxylic acids is 1. The van der Waals surface area contributed by atoms with E-state index in [0.29, 0.717) is 25.4 Å². The smallest absolute Gasteiger partial charge is 0.239 e. The first-order valence-corrected chi connectivity index (χ1v) is 8.14. The highest BCUT2D eigenvalue weighted by Crippen LogP contribution is 2.21. The number of rotatable bonds is 6. The minimum Gasteiger partial charge on any atom is -0.496 e. The quantitative estimate of drug-likeness (QED) is 0.864. The zero-order chi connectivity index (χ0) is 16.8. The summed E-state index contributed by atoms with van der Waals surface area (Å²) in [7, 11) is 1.59. The number of hydrogen-bond donors (Lipinski definition) is 1. The molecule has 1 heterocycles. The van der Waals surface area contributed by atoms with E-state index in [1.165, 1.54) is 12.1 Å². The topological polar surface area (TPSA) is 58.8 Å². The van der Waals surface area contributed by atoms with Crippen molar-refractivity contribution in [3.05, 3.63) is 29.6 Å². The fourth-order valence-corrected chi connectivity index (χ4v) is 2.91. The first-order chi connectivity index (χ1) is 11.0. The van der Waals surface area contributed by atoms with Crippen LogP contribution < -0.4 is 10.5 Å². The second kappa shape index (κ2) is 8.26. The summed E-state index contributed by atoms with van der Waals surface area (Å²) in [6.45, 7) is 5.47. The van der Waals surface area contributed by atoms with Gasteiger partial charge in [0.1, 0.15) is 11.6 Å². The molecular formula is C17H26FN3O2. The fraction of sp³-hybridized carbons (Fsp3) is 0.588. The second-order valence-corrected chi connectivity index (χ2v) is 5.95. The zero-order valence-corrected chi connectivity index (χ0v) is 13.9. The van der Waals surface area contributed by atoms with Gasteiger partial charge in [0.15, 0.2) is 0 Å². The highest BCUT2D eigenvalue weighted by atomic mass is 19.1. The molecule has 6 heteroatoms. The molecule has 1 aliphatic heterocycles. The Morgan fingerprint density at radius 1 is 1.35 bits per heavy atom. The van der Waals surface area contributed by atoms with Crippen molar-refractivity contribution in [1.29, 1.82) is 0 Å². The number of piperazine rings is 1. The van der Waals surface area contributed by atoms with Gasteiger partial charge in [-0.05, 0) is 24.6 Å². The third kappa shape index (κ3) is 4.65. The molecule has 1 atom stereocenters. The molecule has 1 unspecified atom stereocenters. The van der Waals surface area contributed by atoms with Crippen LogP contribution in [0.5, 0.6) is 5.75 Å². The summed E-state index contributed by atoms with van der Waals surface area (Å²) in [5, 5.41) is 0. The Bertz CT molecular complexity index is 531. The van der Waals surface area contributed by atoms with Gasteiger partial charge in [0.05, 0.1) is 13.2 Å². The number of nitrogens with two attached hydrogens (primary N) is 1. The van der Waals surface area contributed by atoms with E-state index in [0.717, 1.165) is 31.5 Å². The molecule has 0 aliphatic carbocycles. The van der Waals surface area contributed by atoms with Crippen LogP contribution in [0.4, 0.5) is 4.39 Å². The Morgan fingerprint density at radius 2 is 2.04 bits per heavy atom. The monoisotopic (exact) mass is 323 g/mol. The van der Waals surface area contributed by atoms with Crippen LogP contribution in [0.25, 0.3) is 0 Å². The maximum Gasteiger partial charge on any atom is 0.239 e. The largest absolute Gasteiger partial charge is 0.496 e. The van der Waals surface area contributed by atoms with Crippen molar-refractivity contribution in [2.24, 2.45) is 5.73 Å². The Morgan fingerprint density at radius 3 is 2.65 bits per heavy atom. The fourth-order valence-electron chi connectivity index (χ4n) is 2.91. The summed E-state index contributed by atoms with van der Waals surface area (Å²) >= 11 is 0. The van der Waals surface area contributed by atoms with Gasteiger partial charge in [-0.25, -0.2) is 4.39 Å². The van der Waals surface area contributed by atoms with Crippen molar-refractivity contribution >= 4 is 5.91 Å². The lowest BCUT2D eigenvalue weighted by molar-refractivity contribution is -0.134. The Kier molecular flexibility index (Phi) is 6.36. The Hall–Kier alpha value is -1.66. The van der Waals surface area contributed by atoms with E-state index in [2.05, 4.69) is 4.90 Å². The summed E-state index contributed by atoms with van der Waals surface area (Å²) < 4.78 is 18.7. The van der Waals surface area contributed by atoms with Gasteiger partial charge in [-0.3, -0.25) is 9.69 Å². The normalized spacial score (nSPS) is 17.1. The van der Waals surface area contributed by atoms with Crippen LogP contribution in [-0.4, -0.2) is 55.0 Å². The molecule has 5 nitrogen and oxygen atoms in total. The average molecular weight is 323 g/mol. The van der Waals surface area contributed by atoms with Gasteiger partial charge in [-0.15, -0.1) is 0 Å².